The van der Waals surface area contributed by atoms with E-state index in [9.17, 15) is 4.79 Å². The molecule has 0 heterocycles. The lowest BCUT2D eigenvalue weighted by atomic mass is 10.0. The lowest BCUT2D eigenvalue weighted by Gasteiger charge is -2.21. The molecule has 0 spiro atoms. The third-order valence-electron chi connectivity index (χ3n) is 2.38. The molecule has 1 aromatic rings. The molecule has 1 N–H and O–H groups in total. The maximum Gasteiger partial charge on any atom is 0.252 e. The van der Waals surface area contributed by atoms with Crippen LogP contribution in [0.15, 0.2) is 30.3 Å². The molecule has 0 radical (unpaired) electrons. The summed E-state index contributed by atoms with van der Waals surface area (Å²) in [6.07, 6.45) is 0.585. The van der Waals surface area contributed by atoms with Crippen molar-refractivity contribution in [1.82, 2.24) is 5.32 Å². The molecule has 0 aliphatic heterocycles. The van der Waals surface area contributed by atoms with Crippen LogP contribution in [0.3, 0.4) is 0 Å². The number of nitrogens with one attached hydrogen (secondary N) is 1. The second kappa shape index (κ2) is 4.61. The van der Waals surface area contributed by atoms with Crippen molar-refractivity contribution >= 4 is 5.91 Å². The van der Waals surface area contributed by atoms with E-state index in [0.29, 0.717) is 12.0 Å². The van der Waals surface area contributed by atoms with Crippen LogP contribution >= 0.6 is 0 Å². The fraction of sp³-hybridized carbons (Fsp3) is 0.333. The molecule has 0 aliphatic rings. The first-order valence-corrected chi connectivity index (χ1v) is 4.90. The van der Waals surface area contributed by atoms with Gasteiger partial charge in [0.05, 0.1) is 6.07 Å². The zero-order chi connectivity index (χ0) is 11.3. The number of hydrogen-bond acceptors (Lipinski definition) is 2. The third-order valence-corrected chi connectivity index (χ3v) is 2.38. The van der Waals surface area contributed by atoms with Crippen LogP contribution in [0.25, 0.3) is 0 Å². The zero-order valence-electron chi connectivity index (χ0n) is 8.95. The summed E-state index contributed by atoms with van der Waals surface area (Å²) in [4.78, 5) is 11.7. The van der Waals surface area contributed by atoms with Crippen molar-refractivity contribution in [2.45, 2.75) is 25.8 Å². The van der Waals surface area contributed by atoms with Gasteiger partial charge in [-0.3, -0.25) is 4.79 Å². The summed E-state index contributed by atoms with van der Waals surface area (Å²) in [5, 5.41) is 11.6. The van der Waals surface area contributed by atoms with Crippen LogP contribution in [0.2, 0.25) is 0 Å². The molecule has 1 atom stereocenters. The number of nitrogens with zero attached hydrogens (tertiary/aromatic N) is 1. The van der Waals surface area contributed by atoms with Crippen LogP contribution in [0.5, 0.6) is 0 Å². The van der Waals surface area contributed by atoms with E-state index in [1.54, 1.807) is 31.2 Å². The van der Waals surface area contributed by atoms with Crippen molar-refractivity contribution in [2.75, 3.05) is 0 Å². The van der Waals surface area contributed by atoms with Gasteiger partial charge in [0.1, 0.15) is 5.54 Å². The minimum atomic E-state index is -0.785. The lowest BCUT2D eigenvalue weighted by Crippen LogP contribution is -2.44. The molecule has 3 nitrogen and oxygen atoms in total. The van der Waals surface area contributed by atoms with Crippen molar-refractivity contribution in [3.63, 3.8) is 0 Å². The van der Waals surface area contributed by atoms with Crippen molar-refractivity contribution < 1.29 is 4.79 Å². The number of amides is 1. The molecule has 0 unspecified atom stereocenters. The second-order valence-corrected chi connectivity index (χ2v) is 3.62. The van der Waals surface area contributed by atoms with Gasteiger partial charge in [-0.1, -0.05) is 25.1 Å². The van der Waals surface area contributed by atoms with Crippen LogP contribution in [-0.2, 0) is 0 Å². The Balaban J connectivity index is 2.77. The monoisotopic (exact) mass is 202 g/mol. The predicted octanol–water partition coefficient (Wildman–Crippen LogP) is 2.11. The quantitative estimate of drug-likeness (QED) is 0.816. The lowest BCUT2D eigenvalue weighted by molar-refractivity contribution is 0.0923. The molecule has 0 aromatic heterocycles. The van der Waals surface area contributed by atoms with Gasteiger partial charge in [0, 0.05) is 5.56 Å². The van der Waals surface area contributed by atoms with E-state index in [4.69, 9.17) is 5.26 Å². The highest BCUT2D eigenvalue weighted by atomic mass is 16.1. The van der Waals surface area contributed by atoms with Crippen LogP contribution in [0.4, 0.5) is 0 Å². The fourth-order valence-electron chi connectivity index (χ4n) is 1.11. The van der Waals surface area contributed by atoms with Gasteiger partial charge in [0.25, 0.3) is 5.91 Å². The molecule has 15 heavy (non-hydrogen) atoms. The van der Waals surface area contributed by atoms with Crippen molar-refractivity contribution in [2.24, 2.45) is 0 Å². The van der Waals surface area contributed by atoms with Crippen molar-refractivity contribution in [3.8, 4) is 6.07 Å². The van der Waals surface area contributed by atoms with Gasteiger partial charge < -0.3 is 5.32 Å². The van der Waals surface area contributed by atoms with E-state index in [-0.39, 0.29) is 5.91 Å². The Hall–Kier alpha value is -1.82. The molecule has 0 aliphatic carbocycles. The first-order chi connectivity index (χ1) is 7.11. The Morgan fingerprint density at radius 1 is 1.47 bits per heavy atom. The maximum absolute atomic E-state index is 11.7. The summed E-state index contributed by atoms with van der Waals surface area (Å²) in [7, 11) is 0. The maximum atomic E-state index is 11.7. The highest BCUT2D eigenvalue weighted by Gasteiger charge is 2.23. The van der Waals surface area contributed by atoms with E-state index >= 15 is 0 Å². The fourth-order valence-corrected chi connectivity index (χ4v) is 1.11. The third kappa shape index (κ3) is 2.81. The second-order valence-electron chi connectivity index (χ2n) is 3.62. The number of hydrogen-bond donors (Lipinski definition) is 1. The molecular weight excluding hydrogens is 188 g/mol. The number of rotatable bonds is 3. The molecular formula is C12H14N2O. The average molecular weight is 202 g/mol. The van der Waals surface area contributed by atoms with Crippen molar-refractivity contribution in [3.05, 3.63) is 35.9 Å². The van der Waals surface area contributed by atoms with Gasteiger partial charge in [-0.05, 0) is 25.5 Å². The summed E-state index contributed by atoms with van der Waals surface area (Å²) >= 11 is 0. The number of benzene rings is 1. The first kappa shape index (κ1) is 11.3. The van der Waals surface area contributed by atoms with Crippen LogP contribution in [0, 0.1) is 11.3 Å². The van der Waals surface area contributed by atoms with Gasteiger partial charge in [-0.2, -0.15) is 5.26 Å². The van der Waals surface area contributed by atoms with E-state index in [0.717, 1.165) is 0 Å². The summed E-state index contributed by atoms with van der Waals surface area (Å²) < 4.78 is 0. The Morgan fingerprint density at radius 2 is 2.07 bits per heavy atom. The van der Waals surface area contributed by atoms with E-state index < -0.39 is 5.54 Å². The van der Waals surface area contributed by atoms with Crippen molar-refractivity contribution in [1.29, 1.82) is 5.26 Å². The smallest absolute Gasteiger partial charge is 0.252 e. The highest BCUT2D eigenvalue weighted by Crippen LogP contribution is 2.09. The summed E-state index contributed by atoms with van der Waals surface area (Å²) in [5.74, 6) is -0.207. The van der Waals surface area contributed by atoms with Gasteiger partial charge in [0.15, 0.2) is 0 Å². The number of carbonyl (C=O) groups excluding carboxylic acids is 1. The Labute approximate surface area is 89.7 Å². The summed E-state index contributed by atoms with van der Waals surface area (Å²) in [5.41, 5.74) is -0.208. The molecule has 0 saturated carbocycles. The number of nitriles is 1. The molecule has 1 amide bonds. The molecule has 3 heteroatoms. The molecule has 78 valence electrons. The molecule has 0 saturated heterocycles. The largest absolute Gasteiger partial charge is 0.334 e. The number of carbonyl (C=O) groups is 1. The van der Waals surface area contributed by atoms with E-state index in [1.807, 2.05) is 13.0 Å². The van der Waals surface area contributed by atoms with Crippen LogP contribution in [-0.4, -0.2) is 11.4 Å². The van der Waals surface area contributed by atoms with Crippen LogP contribution < -0.4 is 5.32 Å². The molecule has 0 fully saturated rings. The minimum Gasteiger partial charge on any atom is -0.334 e. The van der Waals surface area contributed by atoms with Gasteiger partial charge in [-0.25, -0.2) is 0 Å². The Bertz CT molecular complexity index is 380. The summed E-state index contributed by atoms with van der Waals surface area (Å²) in [6, 6.07) is 11.0. The average Bonchev–Trinajstić information content (AvgIpc) is 2.30. The van der Waals surface area contributed by atoms with Gasteiger partial charge >= 0.3 is 0 Å². The molecule has 1 aromatic carbocycles. The first-order valence-electron chi connectivity index (χ1n) is 4.90. The van der Waals surface area contributed by atoms with Crippen LogP contribution in [0.1, 0.15) is 30.6 Å². The van der Waals surface area contributed by atoms with E-state index in [2.05, 4.69) is 11.4 Å². The topological polar surface area (TPSA) is 52.9 Å². The highest BCUT2D eigenvalue weighted by molar-refractivity contribution is 5.94. The zero-order valence-corrected chi connectivity index (χ0v) is 8.95. The minimum absolute atomic E-state index is 0.207. The van der Waals surface area contributed by atoms with Gasteiger partial charge in [-0.15, -0.1) is 0 Å². The molecule has 1 rings (SSSR count). The Kier molecular flexibility index (Phi) is 3.46. The Morgan fingerprint density at radius 3 is 2.53 bits per heavy atom. The summed E-state index contributed by atoms with van der Waals surface area (Å²) in [6.45, 7) is 3.59. The van der Waals surface area contributed by atoms with E-state index in [1.165, 1.54) is 0 Å². The predicted molar refractivity (Wildman–Crippen MR) is 58.2 cm³/mol. The van der Waals surface area contributed by atoms with Gasteiger partial charge in [0.2, 0.25) is 0 Å². The molecule has 0 bridgehead atoms. The SMILES string of the molecule is CC[C@@](C)(C#N)NC(=O)c1ccccc1. The standard InChI is InChI=1S/C12H14N2O/c1-3-12(2,9-13)14-11(15)10-7-5-4-6-8-10/h4-8H,3H2,1-2H3,(H,14,15)/t12-/m0/s1. The normalized spacial score (nSPS) is 13.7.